The zero-order valence-corrected chi connectivity index (χ0v) is 15.5. The van der Waals surface area contributed by atoms with Crippen LogP contribution in [0.4, 0.5) is 0 Å². The summed E-state index contributed by atoms with van der Waals surface area (Å²) in [5, 5.41) is 5.94. The first kappa shape index (κ1) is 18.0. The highest BCUT2D eigenvalue weighted by Gasteiger charge is 2.11. The van der Waals surface area contributed by atoms with E-state index in [1.165, 1.54) is 5.56 Å². The van der Waals surface area contributed by atoms with Gasteiger partial charge in [-0.05, 0) is 26.0 Å². The molecule has 1 N–H and O–H groups in total. The van der Waals surface area contributed by atoms with Gasteiger partial charge in [0.25, 0.3) is 0 Å². The van der Waals surface area contributed by atoms with E-state index in [1.807, 2.05) is 11.4 Å². The molecule has 1 aromatic heterocycles. The van der Waals surface area contributed by atoms with Gasteiger partial charge in [-0.25, -0.2) is 4.98 Å². The Morgan fingerprint density at radius 2 is 2.20 bits per heavy atom. The predicted octanol–water partition coefficient (Wildman–Crippen LogP) is 2.50. The Morgan fingerprint density at radius 3 is 3.00 bits per heavy atom. The molecule has 1 saturated heterocycles. The van der Waals surface area contributed by atoms with Crippen LogP contribution in [0.1, 0.15) is 17.7 Å². The van der Waals surface area contributed by atoms with Crippen molar-refractivity contribution in [2.45, 2.75) is 19.8 Å². The number of aryl methyl sites for hydroxylation is 1. The average molecular weight is 359 g/mol. The lowest BCUT2D eigenvalue weighted by molar-refractivity contribution is -0.120. The number of rotatable bonds is 7. The minimum absolute atomic E-state index is 0.0445. The van der Waals surface area contributed by atoms with Crippen molar-refractivity contribution >= 4 is 17.2 Å². The summed E-state index contributed by atoms with van der Waals surface area (Å²) in [6, 6.07) is 8.28. The summed E-state index contributed by atoms with van der Waals surface area (Å²) in [5.74, 6) is 0.0445. The van der Waals surface area contributed by atoms with Gasteiger partial charge in [-0.1, -0.05) is 23.8 Å². The van der Waals surface area contributed by atoms with Crippen LogP contribution >= 0.6 is 11.3 Å². The van der Waals surface area contributed by atoms with E-state index in [1.54, 1.807) is 11.3 Å². The van der Waals surface area contributed by atoms with Gasteiger partial charge in [0.2, 0.25) is 5.91 Å². The highest BCUT2D eigenvalue weighted by molar-refractivity contribution is 7.13. The lowest BCUT2D eigenvalue weighted by atomic mass is 10.1. The summed E-state index contributed by atoms with van der Waals surface area (Å²) in [6.45, 7) is 7.42. The number of nitrogens with zero attached hydrogens (tertiary/aromatic N) is 2. The molecule has 5 nitrogen and oxygen atoms in total. The molecule has 2 aromatic rings. The van der Waals surface area contributed by atoms with Crippen LogP contribution in [-0.4, -0.2) is 55.2 Å². The van der Waals surface area contributed by atoms with Crippen molar-refractivity contribution < 1.29 is 9.53 Å². The normalized spacial score (nSPS) is 15.2. The van der Waals surface area contributed by atoms with Gasteiger partial charge < -0.3 is 10.1 Å². The minimum Gasteiger partial charge on any atom is -0.379 e. The summed E-state index contributed by atoms with van der Waals surface area (Å²) in [4.78, 5) is 19.1. The molecule has 0 aliphatic carbocycles. The Bertz CT molecular complexity index is 695. The quantitative estimate of drug-likeness (QED) is 0.772. The number of ether oxygens (including phenoxy) is 1. The lowest BCUT2D eigenvalue weighted by Gasteiger charge is -2.26. The third kappa shape index (κ3) is 5.63. The fourth-order valence-corrected chi connectivity index (χ4v) is 3.70. The Morgan fingerprint density at radius 1 is 1.36 bits per heavy atom. The molecule has 6 heteroatoms. The molecule has 134 valence electrons. The number of amides is 1. The van der Waals surface area contributed by atoms with E-state index in [0.29, 0.717) is 13.0 Å². The van der Waals surface area contributed by atoms with Crippen LogP contribution < -0.4 is 5.32 Å². The fourth-order valence-electron chi connectivity index (χ4n) is 2.88. The van der Waals surface area contributed by atoms with Gasteiger partial charge in [0.1, 0.15) is 5.01 Å². The maximum Gasteiger partial charge on any atom is 0.226 e. The van der Waals surface area contributed by atoms with Gasteiger partial charge in [0.05, 0.1) is 25.3 Å². The van der Waals surface area contributed by atoms with E-state index in [-0.39, 0.29) is 5.91 Å². The molecule has 0 atom stereocenters. The molecular weight excluding hydrogens is 334 g/mol. The number of carbonyl (C=O) groups excluding carboxylic acids is 1. The molecule has 1 aliphatic rings. The van der Waals surface area contributed by atoms with Crippen LogP contribution in [0.15, 0.2) is 29.6 Å². The summed E-state index contributed by atoms with van der Waals surface area (Å²) in [6.07, 6.45) is 1.32. The molecule has 0 bridgehead atoms. The van der Waals surface area contributed by atoms with E-state index in [9.17, 15) is 4.79 Å². The van der Waals surface area contributed by atoms with Crippen LogP contribution in [-0.2, 0) is 16.0 Å². The molecule has 25 heavy (non-hydrogen) atoms. The van der Waals surface area contributed by atoms with Crippen LogP contribution in [0.2, 0.25) is 0 Å². The lowest BCUT2D eigenvalue weighted by Crippen LogP contribution is -2.38. The van der Waals surface area contributed by atoms with Crippen molar-refractivity contribution in [3.8, 4) is 10.6 Å². The molecule has 1 aromatic carbocycles. The predicted molar refractivity (Wildman–Crippen MR) is 101 cm³/mol. The smallest absolute Gasteiger partial charge is 0.226 e. The average Bonchev–Trinajstić information content (AvgIpc) is 3.08. The number of carbonyl (C=O) groups is 1. The molecular formula is C19H25N3O2S. The number of morpholine rings is 1. The van der Waals surface area contributed by atoms with Gasteiger partial charge in [0, 0.05) is 30.6 Å². The van der Waals surface area contributed by atoms with E-state index >= 15 is 0 Å². The Kier molecular flexibility index (Phi) is 6.55. The molecule has 3 rings (SSSR count). The van der Waals surface area contributed by atoms with Crippen molar-refractivity contribution in [1.82, 2.24) is 15.2 Å². The summed E-state index contributed by atoms with van der Waals surface area (Å²) >= 11 is 1.59. The van der Waals surface area contributed by atoms with E-state index < -0.39 is 0 Å². The third-order valence-electron chi connectivity index (χ3n) is 4.24. The molecule has 1 fully saturated rings. The van der Waals surface area contributed by atoms with Crippen LogP contribution in [0, 0.1) is 6.92 Å². The zero-order valence-electron chi connectivity index (χ0n) is 14.7. The van der Waals surface area contributed by atoms with Gasteiger partial charge >= 0.3 is 0 Å². The van der Waals surface area contributed by atoms with Crippen molar-refractivity contribution in [2.24, 2.45) is 0 Å². The Labute approximate surface area is 153 Å². The Balaban J connectivity index is 1.41. The summed E-state index contributed by atoms with van der Waals surface area (Å²) in [5.41, 5.74) is 3.17. The number of hydrogen-bond acceptors (Lipinski definition) is 5. The first-order chi connectivity index (χ1) is 12.2. The van der Waals surface area contributed by atoms with Gasteiger partial charge in [-0.2, -0.15) is 0 Å². The number of thiazole rings is 1. The Hall–Kier alpha value is -1.76. The monoisotopic (exact) mass is 359 g/mol. The number of benzene rings is 1. The van der Waals surface area contributed by atoms with E-state index in [2.05, 4.69) is 40.3 Å². The first-order valence-electron chi connectivity index (χ1n) is 8.79. The highest BCUT2D eigenvalue weighted by Crippen LogP contribution is 2.24. The second-order valence-electron chi connectivity index (χ2n) is 6.35. The highest BCUT2D eigenvalue weighted by atomic mass is 32.1. The largest absolute Gasteiger partial charge is 0.379 e. The standard InChI is InChI=1S/C19H25N3O2S/c1-15-4-2-5-16(12-15)19-21-17(14-25-19)13-18(23)20-6-3-7-22-8-10-24-11-9-22/h2,4-5,12,14H,3,6-11,13H2,1H3,(H,20,23). The van der Waals surface area contributed by atoms with Crippen molar-refractivity contribution in [3.05, 3.63) is 40.9 Å². The molecule has 0 radical (unpaired) electrons. The molecule has 1 aliphatic heterocycles. The SMILES string of the molecule is Cc1cccc(-c2nc(CC(=O)NCCCN3CCOCC3)cs2)c1. The minimum atomic E-state index is 0.0445. The number of nitrogens with one attached hydrogen (secondary N) is 1. The maximum atomic E-state index is 12.1. The van der Waals surface area contributed by atoms with Crippen LogP contribution in [0.25, 0.3) is 10.6 Å². The van der Waals surface area contributed by atoms with Crippen LogP contribution in [0.5, 0.6) is 0 Å². The first-order valence-corrected chi connectivity index (χ1v) is 9.67. The topological polar surface area (TPSA) is 54.5 Å². The van der Waals surface area contributed by atoms with E-state index in [0.717, 1.165) is 55.5 Å². The molecule has 0 spiro atoms. The number of hydrogen-bond donors (Lipinski definition) is 1. The zero-order chi connectivity index (χ0) is 17.5. The van der Waals surface area contributed by atoms with Gasteiger partial charge in [-0.3, -0.25) is 9.69 Å². The molecule has 1 amide bonds. The summed E-state index contributed by atoms with van der Waals surface area (Å²) in [7, 11) is 0. The number of aromatic nitrogens is 1. The molecule has 0 unspecified atom stereocenters. The van der Waals surface area contributed by atoms with E-state index in [4.69, 9.17) is 4.74 Å². The van der Waals surface area contributed by atoms with Crippen molar-refractivity contribution in [2.75, 3.05) is 39.4 Å². The van der Waals surface area contributed by atoms with Crippen molar-refractivity contribution in [3.63, 3.8) is 0 Å². The van der Waals surface area contributed by atoms with Gasteiger partial charge in [-0.15, -0.1) is 11.3 Å². The second-order valence-corrected chi connectivity index (χ2v) is 7.21. The second kappa shape index (κ2) is 9.08. The fraction of sp³-hybridized carbons (Fsp3) is 0.474. The molecule has 2 heterocycles. The molecule has 0 saturated carbocycles. The van der Waals surface area contributed by atoms with Gasteiger partial charge in [0.15, 0.2) is 0 Å². The van der Waals surface area contributed by atoms with Crippen LogP contribution in [0.3, 0.4) is 0 Å². The maximum absolute atomic E-state index is 12.1. The third-order valence-corrected chi connectivity index (χ3v) is 5.18. The van der Waals surface area contributed by atoms with Crippen molar-refractivity contribution in [1.29, 1.82) is 0 Å². The summed E-state index contributed by atoms with van der Waals surface area (Å²) < 4.78 is 5.33.